The van der Waals surface area contributed by atoms with Crippen molar-refractivity contribution in [2.75, 3.05) is 29.9 Å². The van der Waals surface area contributed by atoms with Crippen molar-refractivity contribution in [3.8, 4) is 5.75 Å². The summed E-state index contributed by atoms with van der Waals surface area (Å²) in [4.78, 5) is 70.6. The van der Waals surface area contributed by atoms with Gasteiger partial charge in [0.15, 0.2) is 17.3 Å². The molecule has 2 N–H and O–H groups in total. The fraction of sp³-hybridized carbons (Fsp3) is 0.412. The number of esters is 1. The Labute approximate surface area is 303 Å². The van der Waals surface area contributed by atoms with Crippen molar-refractivity contribution >= 4 is 52.1 Å². The van der Waals surface area contributed by atoms with Crippen LogP contribution in [0.4, 0.5) is 24.5 Å². The molecule has 0 unspecified atom stereocenters. The second-order valence-electron chi connectivity index (χ2n) is 13.5. The molecule has 1 saturated carbocycles. The molecule has 2 amide bonds. The van der Waals surface area contributed by atoms with E-state index in [1.54, 1.807) is 16.4 Å². The minimum atomic E-state index is -4.63. The Balaban J connectivity index is 1.21. The van der Waals surface area contributed by atoms with Crippen LogP contribution in [0.1, 0.15) is 77.8 Å². The molecule has 4 aliphatic rings. The molecule has 2 fully saturated rings. The number of alkyl halides is 3. The van der Waals surface area contributed by atoms with E-state index in [4.69, 9.17) is 16.3 Å². The predicted octanol–water partition coefficient (Wildman–Crippen LogP) is 3.88. The highest BCUT2D eigenvalue weighted by molar-refractivity contribution is 6.33. The lowest BCUT2D eigenvalue weighted by Gasteiger charge is -2.54. The number of aryl methyl sites for hydroxylation is 1. The van der Waals surface area contributed by atoms with Crippen molar-refractivity contribution in [2.45, 2.75) is 69.8 Å². The van der Waals surface area contributed by atoms with E-state index in [0.29, 0.717) is 30.5 Å². The maximum Gasteiger partial charge on any atom is 0.416 e. The fourth-order valence-corrected chi connectivity index (χ4v) is 7.95. The molecule has 53 heavy (non-hydrogen) atoms. The van der Waals surface area contributed by atoms with Crippen LogP contribution < -0.4 is 15.8 Å². The molecule has 4 atom stereocenters. The summed E-state index contributed by atoms with van der Waals surface area (Å²) in [6.45, 7) is 3.95. The number of benzene rings is 1. The molecule has 1 aromatic carbocycles. The molecular formula is C34H31ClF3N9O6. The normalized spacial score (nSPS) is 22.5. The number of nitrogens with zero attached hydrogens (tertiary/aromatic N) is 8. The van der Waals surface area contributed by atoms with Crippen LogP contribution in [0.2, 0.25) is 5.02 Å². The van der Waals surface area contributed by atoms with Crippen LogP contribution >= 0.6 is 11.6 Å². The summed E-state index contributed by atoms with van der Waals surface area (Å²) in [5, 5.41) is 17.4. The van der Waals surface area contributed by atoms with E-state index >= 15 is 0 Å². The Kier molecular flexibility index (Phi) is 8.19. The number of amides is 2. The molecule has 1 aliphatic carbocycles. The van der Waals surface area contributed by atoms with Crippen LogP contribution in [-0.4, -0.2) is 88.7 Å². The lowest BCUT2D eigenvalue weighted by molar-refractivity contribution is -0.138. The van der Waals surface area contributed by atoms with Gasteiger partial charge < -0.3 is 25.0 Å². The molecule has 3 aromatic heterocycles. The van der Waals surface area contributed by atoms with Crippen molar-refractivity contribution in [2.24, 2.45) is 0 Å². The van der Waals surface area contributed by atoms with Gasteiger partial charge in [-0.05, 0) is 44.4 Å². The average Bonchev–Trinajstić information content (AvgIpc) is 3.69. The first-order valence-corrected chi connectivity index (χ1v) is 17.3. The maximum atomic E-state index is 14.6. The number of carbonyl (C=O) groups excluding carboxylic acids is 3. The second kappa shape index (κ2) is 12.6. The first kappa shape index (κ1) is 34.6. The molecule has 15 nitrogen and oxygen atoms in total. The maximum absolute atomic E-state index is 14.6. The number of hydrogen-bond acceptors (Lipinski definition) is 11. The van der Waals surface area contributed by atoms with Gasteiger partial charge in [0.2, 0.25) is 11.7 Å². The van der Waals surface area contributed by atoms with Crippen LogP contribution in [0.15, 0.2) is 35.4 Å². The van der Waals surface area contributed by atoms with Gasteiger partial charge in [0.25, 0.3) is 11.5 Å². The molecule has 8 rings (SSSR count). The molecule has 0 spiro atoms. The van der Waals surface area contributed by atoms with Gasteiger partial charge in [0.1, 0.15) is 18.1 Å². The van der Waals surface area contributed by atoms with Crippen molar-refractivity contribution in [1.29, 1.82) is 0 Å². The highest BCUT2D eigenvalue weighted by Crippen LogP contribution is 2.45. The Hall–Kier alpha value is -5.52. The molecule has 0 bridgehead atoms. The quantitative estimate of drug-likeness (QED) is 0.283. The highest BCUT2D eigenvalue weighted by atomic mass is 35.5. The Morgan fingerprint density at radius 3 is 2.58 bits per heavy atom. The van der Waals surface area contributed by atoms with Crippen molar-refractivity contribution in [3.05, 3.63) is 74.4 Å². The minimum Gasteiger partial charge on any atom is -0.504 e. The summed E-state index contributed by atoms with van der Waals surface area (Å²) in [6.07, 6.45) is -0.395. The summed E-state index contributed by atoms with van der Waals surface area (Å²) >= 11 is 6.20. The molecule has 4 aromatic rings. The minimum absolute atomic E-state index is 0.0286. The number of fused-ring (bicyclic) bond motifs is 4. The summed E-state index contributed by atoms with van der Waals surface area (Å²) in [6, 6.07) is 1.03. The first-order chi connectivity index (χ1) is 25.2. The van der Waals surface area contributed by atoms with E-state index in [1.165, 1.54) is 12.4 Å². The number of halogens is 4. The van der Waals surface area contributed by atoms with E-state index < -0.39 is 41.1 Å². The molecule has 0 radical (unpaired) electrons. The zero-order chi connectivity index (χ0) is 37.5. The number of aromatic hydroxyl groups is 1. The molecule has 19 heteroatoms. The number of cyclic esters (lactones) is 1. The first-order valence-electron chi connectivity index (χ1n) is 16.9. The van der Waals surface area contributed by atoms with Crippen LogP contribution in [-0.2, 0) is 20.5 Å². The van der Waals surface area contributed by atoms with Gasteiger partial charge in [0.05, 0.1) is 40.3 Å². The standard InChI is InChI=1S/C34H31ClF3N9O6/c1-15-11-23(30(50)41-20-4-3-18(13-19(20)35)34(36,37)38)46-26(15)27(32(52)47-33(46)42-29(43-47)17-7-10-53-24(48)12-17)44-8-9-45(22-6-5-21(22)44)31(51)25-28(49)16(2)39-14-40-25/h3-4,12-15,21-23,49H,5-11H2,1-2H3,(H,41,50)/t15-,21+,22+,23-/m1/s1. The van der Waals surface area contributed by atoms with Crippen LogP contribution in [0.5, 0.6) is 5.75 Å². The molecular weight excluding hydrogens is 723 g/mol. The van der Waals surface area contributed by atoms with E-state index in [9.17, 15) is 37.5 Å². The van der Waals surface area contributed by atoms with E-state index in [-0.39, 0.29) is 89.3 Å². The third-order valence-electron chi connectivity index (χ3n) is 10.5. The molecule has 6 heterocycles. The Morgan fingerprint density at radius 2 is 1.89 bits per heavy atom. The van der Waals surface area contributed by atoms with Crippen molar-refractivity contribution in [3.63, 3.8) is 0 Å². The van der Waals surface area contributed by atoms with Gasteiger partial charge in [0, 0.05) is 43.1 Å². The number of aromatic nitrogens is 6. The lowest BCUT2D eigenvalue weighted by Crippen LogP contribution is -2.67. The summed E-state index contributed by atoms with van der Waals surface area (Å²) in [7, 11) is 0. The van der Waals surface area contributed by atoms with Gasteiger partial charge in [-0.15, -0.1) is 5.10 Å². The molecule has 276 valence electrons. The topological polar surface area (TPSA) is 177 Å². The fourth-order valence-electron chi connectivity index (χ4n) is 7.72. The third-order valence-corrected chi connectivity index (χ3v) is 10.8. The zero-order valence-corrected chi connectivity index (χ0v) is 29.0. The Bertz CT molecular complexity index is 2320. The SMILES string of the molecule is Cc1ncnc(C(=O)N2CCN(c3c4n(c5nc(C6=CC(=O)OCC6)nn5c3=O)[C@@H](C(=O)Nc3ccc(C(F)(F)F)cc3Cl)C[C@H]4C)[C@H]3CC[C@@H]32)c1O. The van der Waals surface area contributed by atoms with Crippen molar-refractivity contribution in [1.82, 2.24) is 34.0 Å². The summed E-state index contributed by atoms with van der Waals surface area (Å²) < 4.78 is 47.7. The van der Waals surface area contributed by atoms with Crippen molar-refractivity contribution < 1.29 is 37.4 Å². The number of anilines is 2. The summed E-state index contributed by atoms with van der Waals surface area (Å²) in [5.74, 6) is -2.17. The third kappa shape index (κ3) is 5.66. The van der Waals surface area contributed by atoms with Crippen LogP contribution in [0, 0.1) is 6.92 Å². The van der Waals surface area contributed by atoms with E-state index in [1.807, 2.05) is 11.8 Å². The average molecular weight is 754 g/mol. The molecule has 3 aliphatic heterocycles. The predicted molar refractivity (Wildman–Crippen MR) is 182 cm³/mol. The van der Waals surface area contributed by atoms with Gasteiger partial charge in [-0.2, -0.15) is 22.7 Å². The van der Waals surface area contributed by atoms with E-state index in [2.05, 4.69) is 25.4 Å². The van der Waals surface area contributed by atoms with Gasteiger partial charge in [-0.25, -0.2) is 14.8 Å². The summed E-state index contributed by atoms with van der Waals surface area (Å²) in [5.41, 5.74) is -0.109. The van der Waals surface area contributed by atoms with Gasteiger partial charge in [-0.1, -0.05) is 18.5 Å². The van der Waals surface area contributed by atoms with Crippen LogP contribution in [0.25, 0.3) is 11.4 Å². The highest BCUT2D eigenvalue weighted by Gasteiger charge is 2.49. The number of carbonyl (C=O) groups is 3. The number of ether oxygens (including phenoxy) is 1. The second-order valence-corrected chi connectivity index (χ2v) is 13.9. The number of rotatable bonds is 5. The lowest BCUT2D eigenvalue weighted by atomic mass is 9.81. The molecule has 1 saturated heterocycles. The zero-order valence-electron chi connectivity index (χ0n) is 28.2. The largest absolute Gasteiger partial charge is 0.504 e. The monoisotopic (exact) mass is 753 g/mol. The van der Waals surface area contributed by atoms with Crippen LogP contribution in [0.3, 0.4) is 0 Å². The smallest absolute Gasteiger partial charge is 0.416 e. The van der Waals surface area contributed by atoms with E-state index in [0.717, 1.165) is 22.7 Å². The van der Waals surface area contributed by atoms with Gasteiger partial charge in [-0.3, -0.25) is 19.0 Å². The number of piperazine rings is 1. The Morgan fingerprint density at radius 1 is 1.11 bits per heavy atom. The number of hydrogen-bond donors (Lipinski definition) is 2. The number of nitrogens with one attached hydrogen (secondary N) is 1. The van der Waals surface area contributed by atoms with Gasteiger partial charge >= 0.3 is 12.1 Å².